The molecule has 0 aromatic carbocycles. The molecule has 1 aliphatic heterocycles. The molecule has 0 bridgehead atoms. The van der Waals surface area contributed by atoms with Gasteiger partial charge in [-0.05, 0) is 50.6 Å². The van der Waals surface area contributed by atoms with E-state index in [1.807, 2.05) is 0 Å². The summed E-state index contributed by atoms with van der Waals surface area (Å²) in [5.41, 5.74) is 0. The highest BCUT2D eigenvalue weighted by Gasteiger charge is 2.25. The third-order valence-corrected chi connectivity index (χ3v) is 4.75. The van der Waals surface area contributed by atoms with Gasteiger partial charge in [0, 0.05) is 19.1 Å². The molecule has 3 heteroatoms. The minimum atomic E-state index is -0.0534. The number of rotatable bonds is 5. The number of aliphatic hydroxyl groups excluding tert-OH is 1. The Hall–Kier alpha value is -0.120. The molecule has 2 aliphatic rings. The third-order valence-electron chi connectivity index (χ3n) is 4.75. The quantitative estimate of drug-likeness (QED) is 0.803. The molecule has 2 atom stereocenters. The number of hydrogen-bond donors (Lipinski definition) is 2. The van der Waals surface area contributed by atoms with E-state index in [1.54, 1.807) is 0 Å². The van der Waals surface area contributed by atoms with E-state index >= 15 is 0 Å². The molecule has 0 spiro atoms. The molecule has 1 aliphatic carbocycles. The Morgan fingerprint density at radius 1 is 1.11 bits per heavy atom. The van der Waals surface area contributed by atoms with Gasteiger partial charge in [-0.2, -0.15) is 0 Å². The van der Waals surface area contributed by atoms with Crippen molar-refractivity contribution in [3.8, 4) is 0 Å². The molecule has 2 unspecified atom stereocenters. The van der Waals surface area contributed by atoms with Gasteiger partial charge in [0.2, 0.25) is 0 Å². The monoisotopic (exact) mass is 268 g/mol. The van der Waals surface area contributed by atoms with Crippen LogP contribution in [0.5, 0.6) is 0 Å². The van der Waals surface area contributed by atoms with E-state index in [1.165, 1.54) is 51.7 Å². The summed E-state index contributed by atoms with van der Waals surface area (Å²) >= 11 is 0. The van der Waals surface area contributed by atoms with Gasteiger partial charge in [0.05, 0.1) is 6.10 Å². The minimum Gasteiger partial charge on any atom is -0.393 e. The number of hydrogen-bond acceptors (Lipinski definition) is 3. The maximum atomic E-state index is 9.99. The van der Waals surface area contributed by atoms with E-state index in [4.69, 9.17) is 0 Å². The Kier molecular flexibility index (Phi) is 6.11. The summed E-state index contributed by atoms with van der Waals surface area (Å²) in [5.74, 6) is 1.28. The summed E-state index contributed by atoms with van der Waals surface area (Å²) in [4.78, 5) is 2.60. The number of aliphatic hydroxyl groups is 1. The molecule has 1 saturated heterocycles. The topological polar surface area (TPSA) is 35.5 Å². The van der Waals surface area contributed by atoms with E-state index in [-0.39, 0.29) is 6.10 Å². The molecule has 3 nitrogen and oxygen atoms in total. The standard InChI is InChI=1S/C16H32N2O/c1-13(2)12-18-9-7-15(8-10-18)17-11-14-5-3-4-6-16(14)19/h13-17,19H,3-12H2,1-2H3. The van der Waals surface area contributed by atoms with Gasteiger partial charge in [-0.1, -0.05) is 26.7 Å². The Morgan fingerprint density at radius 3 is 2.42 bits per heavy atom. The van der Waals surface area contributed by atoms with E-state index in [9.17, 15) is 5.11 Å². The average molecular weight is 268 g/mol. The Morgan fingerprint density at radius 2 is 1.79 bits per heavy atom. The van der Waals surface area contributed by atoms with Gasteiger partial charge in [0.25, 0.3) is 0 Å². The molecule has 0 aromatic rings. The van der Waals surface area contributed by atoms with Crippen LogP contribution in [0, 0.1) is 11.8 Å². The van der Waals surface area contributed by atoms with E-state index in [0.29, 0.717) is 12.0 Å². The van der Waals surface area contributed by atoms with Gasteiger partial charge in [0.1, 0.15) is 0 Å². The number of nitrogens with zero attached hydrogens (tertiary/aromatic N) is 1. The highest BCUT2D eigenvalue weighted by molar-refractivity contribution is 4.81. The number of nitrogens with one attached hydrogen (secondary N) is 1. The lowest BCUT2D eigenvalue weighted by Crippen LogP contribution is -2.46. The lowest BCUT2D eigenvalue weighted by atomic mass is 9.86. The maximum Gasteiger partial charge on any atom is 0.0580 e. The zero-order valence-corrected chi connectivity index (χ0v) is 12.8. The van der Waals surface area contributed by atoms with Crippen molar-refractivity contribution < 1.29 is 5.11 Å². The van der Waals surface area contributed by atoms with Crippen molar-refractivity contribution in [3.63, 3.8) is 0 Å². The Labute approximate surface area is 118 Å². The normalized spacial score (nSPS) is 30.9. The van der Waals surface area contributed by atoms with Gasteiger partial charge in [0.15, 0.2) is 0 Å². The first kappa shape index (κ1) is 15.3. The molecule has 0 amide bonds. The molecular formula is C16H32N2O. The Balaban J connectivity index is 1.62. The molecule has 2 rings (SSSR count). The Bertz CT molecular complexity index is 249. The summed E-state index contributed by atoms with van der Waals surface area (Å²) < 4.78 is 0. The predicted octanol–water partition coefficient (Wildman–Crippen LogP) is 2.25. The van der Waals surface area contributed by atoms with Gasteiger partial charge in [-0.25, -0.2) is 0 Å². The zero-order chi connectivity index (χ0) is 13.7. The van der Waals surface area contributed by atoms with Crippen LogP contribution in [0.4, 0.5) is 0 Å². The van der Waals surface area contributed by atoms with E-state index in [0.717, 1.165) is 18.9 Å². The van der Waals surface area contributed by atoms with Crippen LogP contribution in [0.3, 0.4) is 0 Å². The van der Waals surface area contributed by atoms with Crippen LogP contribution in [0.2, 0.25) is 0 Å². The molecule has 1 heterocycles. The van der Waals surface area contributed by atoms with Crippen LogP contribution >= 0.6 is 0 Å². The predicted molar refractivity (Wildman–Crippen MR) is 80.3 cm³/mol. The van der Waals surface area contributed by atoms with Crippen molar-refractivity contribution in [1.29, 1.82) is 0 Å². The highest BCUT2D eigenvalue weighted by Crippen LogP contribution is 2.24. The molecule has 0 aromatic heterocycles. The van der Waals surface area contributed by atoms with Gasteiger partial charge >= 0.3 is 0 Å². The number of likely N-dealkylation sites (tertiary alicyclic amines) is 1. The van der Waals surface area contributed by atoms with Crippen LogP contribution in [0.15, 0.2) is 0 Å². The first-order chi connectivity index (χ1) is 9.15. The van der Waals surface area contributed by atoms with Crippen LogP contribution in [0.1, 0.15) is 52.4 Å². The largest absolute Gasteiger partial charge is 0.393 e. The first-order valence-corrected chi connectivity index (χ1v) is 8.29. The van der Waals surface area contributed by atoms with E-state index < -0.39 is 0 Å². The molecule has 19 heavy (non-hydrogen) atoms. The summed E-state index contributed by atoms with van der Waals surface area (Å²) in [6.45, 7) is 9.35. The van der Waals surface area contributed by atoms with Crippen molar-refractivity contribution in [1.82, 2.24) is 10.2 Å². The smallest absolute Gasteiger partial charge is 0.0580 e. The van der Waals surface area contributed by atoms with Gasteiger partial charge in [-0.15, -0.1) is 0 Å². The van der Waals surface area contributed by atoms with Gasteiger partial charge < -0.3 is 15.3 Å². The fourth-order valence-electron chi connectivity index (χ4n) is 3.58. The van der Waals surface area contributed by atoms with Crippen molar-refractivity contribution in [2.75, 3.05) is 26.2 Å². The summed E-state index contributed by atoms with van der Waals surface area (Å²) in [7, 11) is 0. The molecular weight excluding hydrogens is 236 g/mol. The molecule has 2 N–H and O–H groups in total. The second-order valence-corrected chi connectivity index (χ2v) is 6.99. The third kappa shape index (κ3) is 5.05. The fraction of sp³-hybridized carbons (Fsp3) is 1.00. The zero-order valence-electron chi connectivity index (χ0n) is 12.8. The average Bonchev–Trinajstić information content (AvgIpc) is 2.39. The highest BCUT2D eigenvalue weighted by atomic mass is 16.3. The SMILES string of the molecule is CC(C)CN1CCC(NCC2CCCCC2O)CC1. The van der Waals surface area contributed by atoms with Crippen LogP contribution in [0.25, 0.3) is 0 Å². The summed E-state index contributed by atoms with van der Waals surface area (Å²) in [6, 6.07) is 0.678. The van der Waals surface area contributed by atoms with Gasteiger partial charge in [-0.3, -0.25) is 0 Å². The van der Waals surface area contributed by atoms with Crippen molar-refractivity contribution in [3.05, 3.63) is 0 Å². The molecule has 2 fully saturated rings. The number of piperidine rings is 1. The minimum absolute atomic E-state index is 0.0534. The van der Waals surface area contributed by atoms with Crippen molar-refractivity contribution in [2.45, 2.75) is 64.5 Å². The maximum absolute atomic E-state index is 9.99. The lowest BCUT2D eigenvalue weighted by Gasteiger charge is -2.35. The van der Waals surface area contributed by atoms with Crippen molar-refractivity contribution >= 4 is 0 Å². The lowest BCUT2D eigenvalue weighted by molar-refractivity contribution is 0.0658. The van der Waals surface area contributed by atoms with Crippen LogP contribution < -0.4 is 5.32 Å². The summed E-state index contributed by atoms with van der Waals surface area (Å²) in [5, 5.41) is 13.7. The first-order valence-electron chi connectivity index (χ1n) is 8.29. The van der Waals surface area contributed by atoms with Crippen LogP contribution in [-0.4, -0.2) is 48.3 Å². The van der Waals surface area contributed by atoms with E-state index in [2.05, 4.69) is 24.1 Å². The fourth-order valence-corrected chi connectivity index (χ4v) is 3.58. The molecule has 0 radical (unpaired) electrons. The molecule has 112 valence electrons. The second kappa shape index (κ2) is 7.61. The van der Waals surface area contributed by atoms with Crippen molar-refractivity contribution in [2.24, 2.45) is 11.8 Å². The molecule has 1 saturated carbocycles. The van der Waals surface area contributed by atoms with Crippen LogP contribution in [-0.2, 0) is 0 Å². The second-order valence-electron chi connectivity index (χ2n) is 6.99. The summed E-state index contributed by atoms with van der Waals surface area (Å²) in [6.07, 6.45) is 7.23.